The number of hydrogen-bond donors (Lipinski definition) is 1. The molecule has 1 aliphatic rings. The van der Waals surface area contributed by atoms with Crippen LogP contribution >= 0.6 is 23.2 Å². The summed E-state index contributed by atoms with van der Waals surface area (Å²) in [5.41, 5.74) is 2.89. The van der Waals surface area contributed by atoms with Crippen LogP contribution in [0.25, 0.3) is 0 Å². The van der Waals surface area contributed by atoms with Crippen molar-refractivity contribution in [2.45, 2.75) is 51.2 Å². The first kappa shape index (κ1) is 31.4. The van der Waals surface area contributed by atoms with Crippen LogP contribution in [0.5, 0.6) is 5.75 Å². The number of rotatable bonds is 12. The molecular weight excluding hydrogens is 575 g/mol. The third-order valence-electron chi connectivity index (χ3n) is 7.42. The third-order valence-corrected chi connectivity index (χ3v) is 7.86. The SMILES string of the molecule is COC(=O)[C@H](Cc1ccc(OCc2ccccc2)cc1)NC(=O)CC1CCN(C(=O)CCc2cc(Cl)cc(Cl)c2)CC1. The van der Waals surface area contributed by atoms with Gasteiger partial charge < -0.3 is 19.7 Å². The number of hydrogen-bond acceptors (Lipinski definition) is 5. The van der Waals surface area contributed by atoms with Gasteiger partial charge in [0.05, 0.1) is 7.11 Å². The zero-order chi connectivity index (χ0) is 29.9. The van der Waals surface area contributed by atoms with Crippen molar-refractivity contribution in [2.24, 2.45) is 5.92 Å². The number of aryl methyl sites for hydroxylation is 1. The Morgan fingerprint density at radius 1 is 0.905 bits per heavy atom. The Balaban J connectivity index is 1.21. The summed E-state index contributed by atoms with van der Waals surface area (Å²) in [5, 5.41) is 3.97. The highest BCUT2D eigenvalue weighted by molar-refractivity contribution is 6.34. The smallest absolute Gasteiger partial charge is 0.328 e. The number of nitrogens with zero attached hydrogens (tertiary/aromatic N) is 1. The Bertz CT molecular complexity index is 1320. The van der Waals surface area contributed by atoms with Crippen LogP contribution in [0, 0.1) is 5.92 Å². The zero-order valence-corrected chi connectivity index (χ0v) is 25.2. The van der Waals surface area contributed by atoms with Crippen molar-refractivity contribution < 1.29 is 23.9 Å². The summed E-state index contributed by atoms with van der Waals surface area (Å²) in [6, 6.07) is 21.9. The van der Waals surface area contributed by atoms with Crippen LogP contribution in [0.4, 0.5) is 0 Å². The maximum absolute atomic E-state index is 12.9. The molecule has 3 aromatic rings. The van der Waals surface area contributed by atoms with Gasteiger partial charge in [0.25, 0.3) is 0 Å². The van der Waals surface area contributed by atoms with E-state index in [0.717, 1.165) is 35.3 Å². The molecule has 1 atom stereocenters. The lowest BCUT2D eigenvalue weighted by molar-refractivity contribution is -0.145. The number of amides is 2. The number of benzene rings is 3. The van der Waals surface area contributed by atoms with Crippen LogP contribution in [0.3, 0.4) is 0 Å². The summed E-state index contributed by atoms with van der Waals surface area (Å²) in [5.74, 6) is 0.251. The number of esters is 1. The lowest BCUT2D eigenvalue weighted by Gasteiger charge is -2.32. The molecule has 42 heavy (non-hydrogen) atoms. The Morgan fingerprint density at radius 2 is 1.57 bits per heavy atom. The summed E-state index contributed by atoms with van der Waals surface area (Å²) >= 11 is 12.1. The standard InChI is InChI=1S/C33H36Cl2N2O5/c1-41-33(40)30(19-23-7-10-29(11-8-23)42-22-25-5-3-2-4-6-25)36-31(38)20-24-13-15-37(16-14-24)32(39)12-9-26-17-27(34)21-28(35)18-26/h2-8,10-11,17-18,21,24,30H,9,12-16,19-20,22H2,1H3,(H,36,38)/t30-/m0/s1. The van der Waals surface area contributed by atoms with Gasteiger partial charge in [-0.2, -0.15) is 0 Å². The molecule has 1 heterocycles. The fourth-order valence-electron chi connectivity index (χ4n) is 5.10. The normalized spacial score (nSPS) is 14.2. The molecular formula is C33H36Cl2N2O5. The maximum Gasteiger partial charge on any atom is 0.328 e. The van der Waals surface area contributed by atoms with E-state index in [1.807, 2.05) is 71.6 Å². The molecule has 0 radical (unpaired) electrons. The summed E-state index contributed by atoms with van der Waals surface area (Å²) < 4.78 is 10.8. The molecule has 0 spiro atoms. The molecule has 0 aromatic heterocycles. The fourth-order valence-corrected chi connectivity index (χ4v) is 5.67. The highest BCUT2D eigenvalue weighted by Gasteiger charge is 2.27. The number of carbonyl (C=O) groups is 3. The lowest BCUT2D eigenvalue weighted by atomic mass is 9.92. The minimum Gasteiger partial charge on any atom is -0.489 e. The average molecular weight is 612 g/mol. The molecule has 0 aliphatic carbocycles. The second-order valence-corrected chi connectivity index (χ2v) is 11.4. The second kappa shape index (κ2) is 15.6. The van der Waals surface area contributed by atoms with Crippen LogP contribution in [0.1, 0.15) is 42.4 Å². The largest absolute Gasteiger partial charge is 0.489 e. The van der Waals surface area contributed by atoms with Crippen LogP contribution in [-0.4, -0.2) is 48.9 Å². The average Bonchev–Trinajstić information content (AvgIpc) is 2.99. The van der Waals surface area contributed by atoms with Gasteiger partial charge in [-0.3, -0.25) is 9.59 Å². The van der Waals surface area contributed by atoms with E-state index in [0.29, 0.717) is 55.4 Å². The molecule has 1 N–H and O–H groups in total. The van der Waals surface area contributed by atoms with Crippen molar-refractivity contribution in [3.63, 3.8) is 0 Å². The van der Waals surface area contributed by atoms with E-state index < -0.39 is 12.0 Å². The minimum absolute atomic E-state index is 0.0799. The molecule has 0 bridgehead atoms. The Kier molecular flexibility index (Phi) is 11.7. The fraction of sp³-hybridized carbons (Fsp3) is 0.364. The van der Waals surface area contributed by atoms with E-state index in [2.05, 4.69) is 5.32 Å². The van der Waals surface area contributed by atoms with Gasteiger partial charge in [-0.15, -0.1) is 0 Å². The Hall–Kier alpha value is -3.55. The number of methoxy groups -OCH3 is 1. The lowest BCUT2D eigenvalue weighted by Crippen LogP contribution is -2.44. The van der Waals surface area contributed by atoms with E-state index in [-0.39, 0.29) is 17.7 Å². The molecule has 4 rings (SSSR count). The van der Waals surface area contributed by atoms with Crippen LogP contribution < -0.4 is 10.1 Å². The highest BCUT2D eigenvalue weighted by atomic mass is 35.5. The quantitative estimate of drug-likeness (QED) is 0.253. The molecule has 222 valence electrons. The Labute approximate surface area is 257 Å². The molecule has 0 unspecified atom stereocenters. The first-order chi connectivity index (χ1) is 20.3. The van der Waals surface area contributed by atoms with Crippen molar-refractivity contribution in [1.29, 1.82) is 0 Å². The molecule has 1 aliphatic heterocycles. The van der Waals surface area contributed by atoms with E-state index >= 15 is 0 Å². The monoisotopic (exact) mass is 610 g/mol. The van der Waals surface area contributed by atoms with Gasteiger partial charge in [0, 0.05) is 42.4 Å². The minimum atomic E-state index is -0.791. The van der Waals surface area contributed by atoms with Gasteiger partial charge in [-0.05, 0) is 72.2 Å². The van der Waals surface area contributed by atoms with Crippen molar-refractivity contribution in [2.75, 3.05) is 20.2 Å². The first-order valence-electron chi connectivity index (χ1n) is 14.1. The molecule has 9 heteroatoms. The first-order valence-corrected chi connectivity index (χ1v) is 14.9. The molecule has 1 fully saturated rings. The topological polar surface area (TPSA) is 84.9 Å². The zero-order valence-electron chi connectivity index (χ0n) is 23.7. The van der Waals surface area contributed by atoms with Gasteiger partial charge in [0.15, 0.2) is 0 Å². The van der Waals surface area contributed by atoms with Gasteiger partial charge in [-0.1, -0.05) is 65.7 Å². The van der Waals surface area contributed by atoms with Gasteiger partial charge in [-0.25, -0.2) is 4.79 Å². The number of piperidine rings is 1. The second-order valence-electron chi connectivity index (χ2n) is 10.6. The predicted octanol–water partition coefficient (Wildman–Crippen LogP) is 6.03. The van der Waals surface area contributed by atoms with E-state index in [1.54, 1.807) is 6.07 Å². The number of likely N-dealkylation sites (tertiary alicyclic amines) is 1. The summed E-state index contributed by atoms with van der Waals surface area (Å²) in [6.07, 6.45) is 3.01. The molecule has 2 amide bonds. The van der Waals surface area contributed by atoms with Gasteiger partial charge in [0.1, 0.15) is 18.4 Å². The third kappa shape index (κ3) is 9.78. The van der Waals surface area contributed by atoms with Crippen molar-refractivity contribution in [1.82, 2.24) is 10.2 Å². The molecule has 1 saturated heterocycles. The van der Waals surface area contributed by atoms with E-state index in [1.165, 1.54) is 7.11 Å². The summed E-state index contributed by atoms with van der Waals surface area (Å²) in [4.78, 5) is 40.0. The van der Waals surface area contributed by atoms with Crippen LogP contribution in [0.2, 0.25) is 10.0 Å². The van der Waals surface area contributed by atoms with Gasteiger partial charge in [0.2, 0.25) is 11.8 Å². The molecule has 3 aromatic carbocycles. The van der Waals surface area contributed by atoms with Crippen molar-refractivity contribution in [3.05, 3.63) is 99.5 Å². The highest BCUT2D eigenvalue weighted by Crippen LogP contribution is 2.23. The number of carbonyl (C=O) groups excluding carboxylic acids is 3. The Morgan fingerprint density at radius 3 is 2.21 bits per heavy atom. The summed E-state index contributed by atoms with van der Waals surface area (Å²) in [7, 11) is 1.32. The van der Waals surface area contributed by atoms with Gasteiger partial charge >= 0.3 is 5.97 Å². The van der Waals surface area contributed by atoms with Crippen LogP contribution in [0.15, 0.2) is 72.8 Å². The maximum atomic E-state index is 12.9. The number of halogens is 2. The van der Waals surface area contributed by atoms with E-state index in [4.69, 9.17) is 32.7 Å². The predicted molar refractivity (Wildman–Crippen MR) is 164 cm³/mol. The van der Waals surface area contributed by atoms with E-state index in [9.17, 15) is 14.4 Å². The molecule has 0 saturated carbocycles. The van der Waals surface area contributed by atoms with Crippen LogP contribution in [-0.2, 0) is 38.6 Å². The van der Waals surface area contributed by atoms with Crippen molar-refractivity contribution in [3.8, 4) is 5.75 Å². The number of ether oxygens (including phenoxy) is 2. The molecule has 7 nitrogen and oxygen atoms in total. The van der Waals surface area contributed by atoms with Crippen molar-refractivity contribution >= 4 is 41.0 Å². The summed E-state index contributed by atoms with van der Waals surface area (Å²) in [6.45, 7) is 1.67. The number of nitrogens with one attached hydrogen (secondary N) is 1.